The molecule has 17 heavy (non-hydrogen) atoms. The zero-order valence-corrected chi connectivity index (χ0v) is 9.24. The first kappa shape index (κ1) is 9.85. The van der Waals surface area contributed by atoms with E-state index in [2.05, 4.69) is 19.4 Å². The number of nitrogens with zero attached hydrogens (tertiary/aromatic N) is 5. The van der Waals surface area contributed by atoms with Crippen molar-refractivity contribution in [2.45, 2.75) is 13.1 Å². The average molecular weight is 225 g/mol. The molecule has 0 fully saturated rings. The van der Waals surface area contributed by atoms with Crippen LogP contribution in [0.2, 0.25) is 0 Å². The summed E-state index contributed by atoms with van der Waals surface area (Å²) >= 11 is 0. The van der Waals surface area contributed by atoms with E-state index in [1.807, 2.05) is 24.5 Å². The molecule has 2 aromatic heterocycles. The Labute approximate surface area is 99.0 Å². The van der Waals surface area contributed by atoms with E-state index in [0.717, 1.165) is 31.1 Å². The smallest absolute Gasteiger partial charge is 0.140 e. The first-order chi connectivity index (χ1) is 8.36. The summed E-state index contributed by atoms with van der Waals surface area (Å²) in [5.41, 5.74) is 1.49. The summed E-state index contributed by atoms with van der Waals surface area (Å²) in [6.45, 7) is 2.67. The Morgan fingerprint density at radius 1 is 1.24 bits per heavy atom. The lowest BCUT2D eigenvalue weighted by Gasteiger charge is -2.29. The van der Waals surface area contributed by atoms with Gasteiger partial charge in [-0.1, -0.05) is 0 Å². The minimum absolute atomic E-state index is 0.451. The normalized spacial score (nSPS) is 14.2. The largest absolute Gasteiger partial charge is 0.361 e. The second-order valence-electron chi connectivity index (χ2n) is 3.97. The standard InChI is InChI=1S/C12H11N5/c13-7-10-1-2-11(8-15-10)17-6-5-16-4-3-14-12(16)9-17/h1-4,8H,5-6,9H2. The zero-order chi connectivity index (χ0) is 11.7. The lowest BCUT2D eigenvalue weighted by atomic mass is 10.3. The molecule has 0 bridgehead atoms. The van der Waals surface area contributed by atoms with Gasteiger partial charge in [-0.3, -0.25) is 0 Å². The topological polar surface area (TPSA) is 57.7 Å². The van der Waals surface area contributed by atoms with Crippen LogP contribution in [0.25, 0.3) is 0 Å². The van der Waals surface area contributed by atoms with Crippen LogP contribution in [0.15, 0.2) is 30.7 Å². The van der Waals surface area contributed by atoms with Gasteiger partial charge in [-0.15, -0.1) is 0 Å². The lowest BCUT2D eigenvalue weighted by Crippen LogP contribution is -2.33. The number of aromatic nitrogens is 3. The van der Waals surface area contributed by atoms with Gasteiger partial charge in [0.05, 0.1) is 18.4 Å². The molecule has 1 aliphatic heterocycles. The van der Waals surface area contributed by atoms with Crippen molar-refractivity contribution in [2.75, 3.05) is 11.4 Å². The molecule has 5 nitrogen and oxygen atoms in total. The van der Waals surface area contributed by atoms with E-state index in [-0.39, 0.29) is 0 Å². The Balaban J connectivity index is 1.84. The van der Waals surface area contributed by atoms with Crippen molar-refractivity contribution in [1.29, 1.82) is 5.26 Å². The molecular formula is C12H11N5. The lowest BCUT2D eigenvalue weighted by molar-refractivity contribution is 0.559. The van der Waals surface area contributed by atoms with Crippen LogP contribution >= 0.6 is 0 Å². The molecule has 3 heterocycles. The van der Waals surface area contributed by atoms with Crippen LogP contribution in [0.3, 0.4) is 0 Å². The molecule has 0 aromatic carbocycles. The van der Waals surface area contributed by atoms with Gasteiger partial charge in [-0.25, -0.2) is 9.97 Å². The van der Waals surface area contributed by atoms with Crippen molar-refractivity contribution >= 4 is 5.69 Å². The number of anilines is 1. The maximum atomic E-state index is 8.70. The molecule has 3 rings (SSSR count). The molecule has 0 radical (unpaired) electrons. The van der Waals surface area contributed by atoms with Crippen LogP contribution in [-0.2, 0) is 13.1 Å². The first-order valence-corrected chi connectivity index (χ1v) is 5.48. The second-order valence-corrected chi connectivity index (χ2v) is 3.97. The molecule has 0 saturated carbocycles. The van der Waals surface area contributed by atoms with Gasteiger partial charge in [0.25, 0.3) is 0 Å². The van der Waals surface area contributed by atoms with Crippen LogP contribution < -0.4 is 4.90 Å². The minimum Gasteiger partial charge on any atom is -0.361 e. The zero-order valence-electron chi connectivity index (χ0n) is 9.24. The van der Waals surface area contributed by atoms with E-state index in [4.69, 9.17) is 5.26 Å². The summed E-state index contributed by atoms with van der Waals surface area (Å²) < 4.78 is 2.16. The quantitative estimate of drug-likeness (QED) is 0.731. The number of rotatable bonds is 1. The number of hydrogen-bond donors (Lipinski definition) is 0. The van der Waals surface area contributed by atoms with E-state index >= 15 is 0 Å². The van der Waals surface area contributed by atoms with Crippen molar-refractivity contribution in [3.05, 3.63) is 42.2 Å². The van der Waals surface area contributed by atoms with Crippen molar-refractivity contribution in [3.63, 3.8) is 0 Å². The molecule has 5 heteroatoms. The highest BCUT2D eigenvalue weighted by molar-refractivity contribution is 5.46. The second kappa shape index (κ2) is 3.91. The van der Waals surface area contributed by atoms with Crippen LogP contribution in [0.4, 0.5) is 5.69 Å². The van der Waals surface area contributed by atoms with Gasteiger partial charge < -0.3 is 9.47 Å². The Morgan fingerprint density at radius 2 is 2.18 bits per heavy atom. The first-order valence-electron chi connectivity index (χ1n) is 5.48. The summed E-state index contributed by atoms with van der Waals surface area (Å²) in [7, 11) is 0. The number of nitriles is 1. The number of pyridine rings is 1. The maximum Gasteiger partial charge on any atom is 0.140 e. The van der Waals surface area contributed by atoms with Crippen LogP contribution in [-0.4, -0.2) is 21.1 Å². The van der Waals surface area contributed by atoms with Crippen molar-refractivity contribution in [2.24, 2.45) is 0 Å². The molecule has 0 atom stereocenters. The van der Waals surface area contributed by atoms with E-state index in [0.29, 0.717) is 5.69 Å². The maximum absolute atomic E-state index is 8.70. The molecule has 84 valence electrons. The minimum atomic E-state index is 0.451. The van der Waals surface area contributed by atoms with E-state index in [9.17, 15) is 0 Å². The fourth-order valence-corrected chi connectivity index (χ4v) is 2.03. The van der Waals surface area contributed by atoms with Crippen molar-refractivity contribution in [3.8, 4) is 6.07 Å². The summed E-state index contributed by atoms with van der Waals surface area (Å²) in [5, 5.41) is 8.70. The van der Waals surface area contributed by atoms with Gasteiger partial charge in [0.1, 0.15) is 17.6 Å². The van der Waals surface area contributed by atoms with Gasteiger partial charge >= 0.3 is 0 Å². The molecule has 0 unspecified atom stereocenters. The van der Waals surface area contributed by atoms with Gasteiger partial charge in [0.2, 0.25) is 0 Å². The SMILES string of the molecule is N#Cc1ccc(N2CCn3ccnc3C2)cn1. The number of hydrogen-bond acceptors (Lipinski definition) is 4. The summed E-state index contributed by atoms with van der Waals surface area (Å²) in [6, 6.07) is 5.70. The highest BCUT2D eigenvalue weighted by atomic mass is 15.2. The molecule has 0 spiro atoms. The summed E-state index contributed by atoms with van der Waals surface area (Å²) in [5.74, 6) is 1.07. The van der Waals surface area contributed by atoms with Gasteiger partial charge in [-0.2, -0.15) is 5.26 Å². The monoisotopic (exact) mass is 225 g/mol. The molecule has 0 amide bonds. The fraction of sp³-hybridized carbons (Fsp3) is 0.250. The molecule has 0 aliphatic carbocycles. The van der Waals surface area contributed by atoms with E-state index in [1.54, 1.807) is 12.3 Å². The highest BCUT2D eigenvalue weighted by Crippen LogP contribution is 2.19. The van der Waals surface area contributed by atoms with Crippen LogP contribution in [0, 0.1) is 11.3 Å². The Bertz CT molecular complexity index is 563. The van der Waals surface area contributed by atoms with Gasteiger partial charge in [-0.05, 0) is 12.1 Å². The van der Waals surface area contributed by atoms with Crippen molar-refractivity contribution in [1.82, 2.24) is 14.5 Å². The predicted octanol–water partition coefficient (Wildman–Crippen LogP) is 1.17. The highest BCUT2D eigenvalue weighted by Gasteiger charge is 2.16. The molecule has 2 aromatic rings. The van der Waals surface area contributed by atoms with E-state index < -0.39 is 0 Å². The third kappa shape index (κ3) is 1.74. The Hall–Kier alpha value is -2.35. The van der Waals surface area contributed by atoms with Crippen LogP contribution in [0.1, 0.15) is 11.5 Å². The average Bonchev–Trinajstić information content (AvgIpc) is 2.86. The van der Waals surface area contributed by atoms with Gasteiger partial charge in [0, 0.05) is 25.5 Å². The van der Waals surface area contributed by atoms with Crippen LogP contribution in [0.5, 0.6) is 0 Å². The third-order valence-corrected chi connectivity index (χ3v) is 2.97. The van der Waals surface area contributed by atoms with Gasteiger partial charge in [0.15, 0.2) is 0 Å². The number of fused-ring (bicyclic) bond motifs is 1. The van der Waals surface area contributed by atoms with E-state index in [1.165, 1.54) is 0 Å². The number of imidazole rings is 1. The third-order valence-electron chi connectivity index (χ3n) is 2.97. The predicted molar refractivity (Wildman–Crippen MR) is 62.2 cm³/mol. The molecule has 0 saturated heterocycles. The Kier molecular flexibility index (Phi) is 2.26. The summed E-state index contributed by atoms with van der Waals surface area (Å²) in [6.07, 6.45) is 5.58. The summed E-state index contributed by atoms with van der Waals surface area (Å²) in [4.78, 5) is 10.6. The molecular weight excluding hydrogens is 214 g/mol. The Morgan fingerprint density at radius 3 is 2.94 bits per heavy atom. The molecule has 0 N–H and O–H groups in total. The molecule has 1 aliphatic rings. The van der Waals surface area contributed by atoms with Crippen molar-refractivity contribution < 1.29 is 0 Å². The fourth-order valence-electron chi connectivity index (χ4n) is 2.03.